The van der Waals surface area contributed by atoms with E-state index in [-0.39, 0.29) is 0 Å². The molecule has 1 aliphatic rings. The molecule has 1 heterocycles. The highest BCUT2D eigenvalue weighted by Gasteiger charge is 2.21. The third-order valence-corrected chi connectivity index (χ3v) is 2.90. The highest BCUT2D eigenvalue weighted by molar-refractivity contribution is 7.16. The van der Waals surface area contributed by atoms with Crippen molar-refractivity contribution in [2.45, 2.75) is 18.9 Å². The molecular formula is C8H18NOP. The zero-order valence-corrected chi connectivity index (χ0v) is 8.41. The fraction of sp³-hybridized carbons (Fsp3) is 1.00. The van der Waals surface area contributed by atoms with Gasteiger partial charge in [-0.25, -0.2) is 0 Å². The Morgan fingerprint density at radius 3 is 3.09 bits per heavy atom. The average Bonchev–Trinajstić information content (AvgIpc) is 2.47. The van der Waals surface area contributed by atoms with Crippen molar-refractivity contribution in [2.75, 3.05) is 33.0 Å². The summed E-state index contributed by atoms with van der Waals surface area (Å²) in [6, 6.07) is 0.801. The highest BCUT2D eigenvalue weighted by atomic mass is 31.0. The minimum atomic E-state index is 0.801. The Labute approximate surface area is 71.5 Å². The molecule has 0 spiro atoms. The van der Waals surface area contributed by atoms with Crippen LogP contribution < -0.4 is 0 Å². The molecule has 66 valence electrons. The van der Waals surface area contributed by atoms with Gasteiger partial charge in [0.15, 0.2) is 0 Å². The highest BCUT2D eigenvalue weighted by Crippen LogP contribution is 2.17. The van der Waals surface area contributed by atoms with E-state index in [2.05, 4.69) is 14.1 Å². The van der Waals surface area contributed by atoms with Crippen molar-refractivity contribution in [1.82, 2.24) is 4.90 Å². The molecule has 1 aliphatic heterocycles. The van der Waals surface area contributed by atoms with Gasteiger partial charge in [-0.05, 0) is 25.5 Å². The van der Waals surface area contributed by atoms with Gasteiger partial charge in [-0.2, -0.15) is 0 Å². The normalized spacial score (nSPS) is 26.2. The molecule has 1 unspecified atom stereocenters. The van der Waals surface area contributed by atoms with Crippen molar-refractivity contribution >= 4 is 9.24 Å². The maximum absolute atomic E-state index is 5.05. The van der Waals surface area contributed by atoms with Gasteiger partial charge in [0.25, 0.3) is 0 Å². The molecule has 0 aromatic carbocycles. The molecule has 11 heavy (non-hydrogen) atoms. The van der Waals surface area contributed by atoms with Gasteiger partial charge in [0.2, 0.25) is 0 Å². The van der Waals surface area contributed by atoms with Gasteiger partial charge in [-0.3, -0.25) is 4.90 Å². The van der Waals surface area contributed by atoms with Crippen molar-refractivity contribution in [2.24, 2.45) is 0 Å². The van der Waals surface area contributed by atoms with Crippen molar-refractivity contribution in [3.63, 3.8) is 0 Å². The molecule has 0 bridgehead atoms. The van der Waals surface area contributed by atoms with Crippen LogP contribution in [0.15, 0.2) is 0 Å². The molecule has 2 atom stereocenters. The maximum Gasteiger partial charge on any atom is 0.0589 e. The van der Waals surface area contributed by atoms with Crippen LogP contribution in [0.4, 0.5) is 0 Å². The Balaban J connectivity index is 2.20. The molecule has 0 aliphatic carbocycles. The summed E-state index contributed by atoms with van der Waals surface area (Å²) in [6.07, 6.45) is 3.94. The Morgan fingerprint density at radius 1 is 1.64 bits per heavy atom. The number of rotatable bonds is 4. The van der Waals surface area contributed by atoms with Crippen molar-refractivity contribution in [3.8, 4) is 0 Å². The lowest BCUT2D eigenvalue weighted by Gasteiger charge is -2.22. The smallest absolute Gasteiger partial charge is 0.0589 e. The van der Waals surface area contributed by atoms with Gasteiger partial charge in [-0.1, -0.05) is 0 Å². The van der Waals surface area contributed by atoms with Crippen LogP contribution in [0.5, 0.6) is 0 Å². The Morgan fingerprint density at radius 2 is 2.45 bits per heavy atom. The summed E-state index contributed by atoms with van der Waals surface area (Å²) >= 11 is 0. The summed E-state index contributed by atoms with van der Waals surface area (Å²) in [7, 11) is 4.60. The number of likely N-dealkylation sites (tertiary alicyclic amines) is 1. The summed E-state index contributed by atoms with van der Waals surface area (Å²) in [5, 5.41) is 0. The molecule has 1 rings (SSSR count). The first-order chi connectivity index (χ1) is 5.38. The molecule has 1 saturated heterocycles. The topological polar surface area (TPSA) is 12.5 Å². The summed E-state index contributed by atoms with van der Waals surface area (Å²) in [4.78, 5) is 2.52. The quantitative estimate of drug-likeness (QED) is 0.590. The van der Waals surface area contributed by atoms with Gasteiger partial charge in [-0.15, -0.1) is 9.24 Å². The standard InChI is InChI=1S/C8H18NOP/c1-10-6-5-9-4-2-3-8(9)7-11/h8H,2-7,11H2,1H3/t8-/m0/s1. The van der Waals surface area contributed by atoms with Crippen LogP contribution in [0.3, 0.4) is 0 Å². The molecule has 0 radical (unpaired) electrons. The molecular weight excluding hydrogens is 157 g/mol. The van der Waals surface area contributed by atoms with Crippen LogP contribution >= 0.6 is 9.24 Å². The first kappa shape index (κ1) is 9.44. The van der Waals surface area contributed by atoms with Gasteiger partial charge in [0.05, 0.1) is 6.61 Å². The van der Waals surface area contributed by atoms with Gasteiger partial charge in [0, 0.05) is 19.7 Å². The second kappa shape index (κ2) is 5.08. The zero-order valence-electron chi connectivity index (χ0n) is 7.25. The molecule has 0 saturated carbocycles. The van der Waals surface area contributed by atoms with Crippen LogP contribution in [0, 0.1) is 0 Å². The Bertz CT molecular complexity index is 110. The fourth-order valence-corrected chi connectivity index (χ4v) is 2.20. The van der Waals surface area contributed by atoms with E-state index in [0.29, 0.717) is 0 Å². The number of methoxy groups -OCH3 is 1. The van der Waals surface area contributed by atoms with Crippen LogP contribution in [-0.4, -0.2) is 43.9 Å². The van der Waals surface area contributed by atoms with E-state index in [1.54, 1.807) is 7.11 Å². The molecule has 0 aromatic heterocycles. The van der Waals surface area contributed by atoms with E-state index < -0.39 is 0 Å². The predicted molar refractivity (Wildman–Crippen MR) is 51.0 cm³/mol. The Kier molecular flexibility index (Phi) is 4.36. The third-order valence-electron chi connectivity index (χ3n) is 2.35. The van der Waals surface area contributed by atoms with Crippen LogP contribution in [0.1, 0.15) is 12.8 Å². The largest absolute Gasteiger partial charge is 0.383 e. The van der Waals surface area contributed by atoms with Crippen molar-refractivity contribution < 1.29 is 4.74 Å². The molecule has 0 N–H and O–H groups in total. The number of hydrogen-bond donors (Lipinski definition) is 0. The SMILES string of the molecule is COCCN1CCC[C@H]1CP. The van der Waals surface area contributed by atoms with Gasteiger partial charge >= 0.3 is 0 Å². The summed E-state index contributed by atoms with van der Waals surface area (Å²) < 4.78 is 5.05. The van der Waals surface area contributed by atoms with Crippen molar-refractivity contribution in [1.29, 1.82) is 0 Å². The molecule has 0 amide bonds. The Hall–Kier alpha value is 0.350. The molecule has 1 fully saturated rings. The first-order valence-electron chi connectivity index (χ1n) is 4.31. The van der Waals surface area contributed by atoms with Crippen LogP contribution in [0.25, 0.3) is 0 Å². The second-order valence-electron chi connectivity index (χ2n) is 3.06. The van der Waals surface area contributed by atoms with E-state index in [4.69, 9.17) is 4.74 Å². The second-order valence-corrected chi connectivity index (χ2v) is 3.53. The lowest BCUT2D eigenvalue weighted by Crippen LogP contribution is -2.33. The fourth-order valence-electron chi connectivity index (χ4n) is 1.66. The van der Waals surface area contributed by atoms with Crippen molar-refractivity contribution in [3.05, 3.63) is 0 Å². The van der Waals surface area contributed by atoms with Gasteiger partial charge in [0.1, 0.15) is 0 Å². The third kappa shape index (κ3) is 2.70. The summed E-state index contributed by atoms with van der Waals surface area (Å²) in [6.45, 7) is 3.25. The molecule has 0 aromatic rings. The average molecular weight is 175 g/mol. The summed E-state index contributed by atoms with van der Waals surface area (Å²) in [5.74, 6) is 0. The van der Waals surface area contributed by atoms with E-state index in [9.17, 15) is 0 Å². The lowest BCUT2D eigenvalue weighted by molar-refractivity contribution is 0.146. The van der Waals surface area contributed by atoms with Gasteiger partial charge < -0.3 is 4.74 Å². The maximum atomic E-state index is 5.05. The number of ether oxygens (including phenoxy) is 1. The minimum absolute atomic E-state index is 0.801. The summed E-state index contributed by atoms with van der Waals surface area (Å²) in [5.41, 5.74) is 0. The first-order valence-corrected chi connectivity index (χ1v) is 5.13. The monoisotopic (exact) mass is 175 g/mol. The predicted octanol–water partition coefficient (Wildman–Crippen LogP) is 0.972. The lowest BCUT2D eigenvalue weighted by atomic mass is 10.2. The number of hydrogen-bond acceptors (Lipinski definition) is 2. The van der Waals surface area contributed by atoms with E-state index in [1.165, 1.54) is 25.5 Å². The zero-order chi connectivity index (χ0) is 8.10. The molecule has 3 heteroatoms. The van der Waals surface area contributed by atoms with E-state index >= 15 is 0 Å². The number of nitrogens with zero attached hydrogens (tertiary/aromatic N) is 1. The minimum Gasteiger partial charge on any atom is -0.383 e. The van der Waals surface area contributed by atoms with Crippen LogP contribution in [-0.2, 0) is 4.74 Å². The van der Waals surface area contributed by atoms with E-state index in [1.807, 2.05) is 0 Å². The van der Waals surface area contributed by atoms with Crippen LogP contribution in [0.2, 0.25) is 0 Å². The molecule has 2 nitrogen and oxygen atoms in total. The van der Waals surface area contributed by atoms with E-state index in [0.717, 1.165) is 19.2 Å².